The van der Waals surface area contributed by atoms with E-state index < -0.39 is 12.1 Å². The van der Waals surface area contributed by atoms with Gasteiger partial charge in [-0.15, -0.1) is 0 Å². The van der Waals surface area contributed by atoms with E-state index in [1.807, 2.05) is 0 Å². The summed E-state index contributed by atoms with van der Waals surface area (Å²) in [7, 11) is 0. The summed E-state index contributed by atoms with van der Waals surface area (Å²) in [6, 6.07) is 0. The Bertz CT molecular complexity index is 205. The molecule has 0 spiro atoms. The monoisotopic (exact) mass is 188 g/mol. The molecule has 3 atom stereocenters. The number of ether oxygens (including phenoxy) is 3. The number of fused-ring (bicyclic) bond motifs is 1. The summed E-state index contributed by atoms with van der Waals surface area (Å²) in [4.78, 5) is 10.6. The highest BCUT2D eigenvalue weighted by Gasteiger charge is 2.37. The van der Waals surface area contributed by atoms with Crippen LogP contribution in [-0.4, -0.2) is 42.8 Å². The van der Waals surface area contributed by atoms with Crippen molar-refractivity contribution in [2.45, 2.75) is 31.2 Å². The van der Waals surface area contributed by atoms with Gasteiger partial charge in [0.15, 0.2) is 6.10 Å². The van der Waals surface area contributed by atoms with Gasteiger partial charge in [0.1, 0.15) is 12.9 Å². The maximum atomic E-state index is 10.6. The molecule has 0 aromatic carbocycles. The fourth-order valence-electron chi connectivity index (χ4n) is 1.69. The molecule has 0 bridgehead atoms. The van der Waals surface area contributed by atoms with Gasteiger partial charge in [-0.1, -0.05) is 0 Å². The van der Waals surface area contributed by atoms with Crippen molar-refractivity contribution in [2.75, 3.05) is 13.4 Å². The van der Waals surface area contributed by atoms with Crippen LogP contribution in [0.5, 0.6) is 0 Å². The van der Waals surface area contributed by atoms with Gasteiger partial charge in [-0.25, -0.2) is 4.79 Å². The summed E-state index contributed by atoms with van der Waals surface area (Å²) in [5.74, 6) is -0.899. The van der Waals surface area contributed by atoms with E-state index in [-0.39, 0.29) is 12.2 Å². The lowest BCUT2D eigenvalue weighted by Crippen LogP contribution is -2.48. The lowest BCUT2D eigenvalue weighted by molar-refractivity contribution is -0.241. The van der Waals surface area contributed by atoms with E-state index in [1.54, 1.807) is 0 Å². The van der Waals surface area contributed by atoms with Gasteiger partial charge < -0.3 is 19.3 Å². The zero-order valence-corrected chi connectivity index (χ0v) is 7.14. The molecule has 2 saturated heterocycles. The Hall–Kier alpha value is -0.650. The SMILES string of the molecule is O=C(O)C1CCC2OCOCC2O1. The Kier molecular flexibility index (Phi) is 2.48. The molecule has 0 amide bonds. The van der Waals surface area contributed by atoms with Crippen molar-refractivity contribution < 1.29 is 24.1 Å². The van der Waals surface area contributed by atoms with Gasteiger partial charge in [-0.2, -0.15) is 0 Å². The van der Waals surface area contributed by atoms with Crippen LogP contribution in [0, 0.1) is 0 Å². The molecule has 1 N–H and O–H groups in total. The number of carboxylic acid groups (broad SMARTS) is 1. The number of carbonyl (C=O) groups is 1. The standard InChI is InChI=1S/C8H12O5/c9-8(10)6-2-1-5-7(13-6)3-11-4-12-5/h5-7H,1-4H2,(H,9,10). The molecule has 74 valence electrons. The first-order valence-electron chi connectivity index (χ1n) is 4.35. The van der Waals surface area contributed by atoms with Gasteiger partial charge in [-0.05, 0) is 12.8 Å². The number of carboxylic acids is 1. The van der Waals surface area contributed by atoms with Gasteiger partial charge in [0.05, 0.1) is 12.7 Å². The van der Waals surface area contributed by atoms with Crippen LogP contribution in [0.2, 0.25) is 0 Å². The first kappa shape index (κ1) is 8.93. The number of rotatable bonds is 1. The van der Waals surface area contributed by atoms with Crippen molar-refractivity contribution in [1.29, 1.82) is 0 Å². The van der Waals surface area contributed by atoms with Crippen LogP contribution >= 0.6 is 0 Å². The highest BCUT2D eigenvalue weighted by atomic mass is 16.7. The van der Waals surface area contributed by atoms with Crippen molar-refractivity contribution in [3.8, 4) is 0 Å². The van der Waals surface area contributed by atoms with Crippen LogP contribution in [0.4, 0.5) is 0 Å². The molecule has 5 nitrogen and oxygen atoms in total. The van der Waals surface area contributed by atoms with E-state index in [0.717, 1.165) is 6.42 Å². The second-order valence-electron chi connectivity index (χ2n) is 3.27. The predicted molar refractivity (Wildman–Crippen MR) is 41.2 cm³/mol. The Balaban J connectivity index is 1.95. The third-order valence-electron chi connectivity index (χ3n) is 2.39. The average molecular weight is 188 g/mol. The minimum absolute atomic E-state index is 0.0179. The molecular formula is C8H12O5. The van der Waals surface area contributed by atoms with E-state index in [1.165, 1.54) is 0 Å². The quantitative estimate of drug-likeness (QED) is 0.627. The molecule has 5 heteroatoms. The normalized spacial score (nSPS) is 39.5. The number of hydrogen-bond donors (Lipinski definition) is 1. The Labute approximate surface area is 75.6 Å². The van der Waals surface area contributed by atoms with E-state index >= 15 is 0 Å². The molecule has 2 fully saturated rings. The van der Waals surface area contributed by atoms with E-state index in [9.17, 15) is 4.79 Å². The van der Waals surface area contributed by atoms with Crippen LogP contribution in [0.3, 0.4) is 0 Å². The number of hydrogen-bond acceptors (Lipinski definition) is 4. The zero-order chi connectivity index (χ0) is 9.26. The number of aliphatic carboxylic acids is 1. The molecule has 0 saturated carbocycles. The van der Waals surface area contributed by atoms with Crippen molar-refractivity contribution in [1.82, 2.24) is 0 Å². The molecule has 0 aromatic rings. The summed E-state index contributed by atoms with van der Waals surface area (Å²) in [6.07, 6.45) is 0.390. The Morgan fingerprint density at radius 3 is 2.92 bits per heavy atom. The van der Waals surface area contributed by atoms with Crippen molar-refractivity contribution in [3.63, 3.8) is 0 Å². The molecule has 0 radical (unpaired) electrons. The maximum Gasteiger partial charge on any atom is 0.332 e. The first-order valence-corrected chi connectivity index (χ1v) is 4.35. The third-order valence-corrected chi connectivity index (χ3v) is 2.39. The van der Waals surface area contributed by atoms with Gasteiger partial charge >= 0.3 is 5.97 Å². The summed E-state index contributed by atoms with van der Waals surface area (Å²) in [6.45, 7) is 0.733. The van der Waals surface area contributed by atoms with E-state index in [2.05, 4.69) is 0 Å². The summed E-state index contributed by atoms with van der Waals surface area (Å²) in [5.41, 5.74) is 0. The summed E-state index contributed by atoms with van der Waals surface area (Å²) < 4.78 is 15.6. The smallest absolute Gasteiger partial charge is 0.332 e. The minimum Gasteiger partial charge on any atom is -0.479 e. The highest BCUT2D eigenvalue weighted by Crippen LogP contribution is 2.25. The van der Waals surface area contributed by atoms with Gasteiger partial charge in [0.2, 0.25) is 0 Å². The molecule has 2 heterocycles. The maximum absolute atomic E-state index is 10.6. The van der Waals surface area contributed by atoms with E-state index in [4.69, 9.17) is 19.3 Å². The first-order chi connectivity index (χ1) is 6.27. The van der Waals surface area contributed by atoms with Gasteiger partial charge in [0.25, 0.3) is 0 Å². The molecule has 3 unspecified atom stereocenters. The predicted octanol–water partition coefficient (Wildman–Crippen LogP) is -0.00850. The van der Waals surface area contributed by atoms with Gasteiger partial charge in [-0.3, -0.25) is 0 Å². The lowest BCUT2D eigenvalue weighted by Gasteiger charge is -2.37. The fraction of sp³-hybridized carbons (Fsp3) is 0.875. The molecule has 0 aromatic heterocycles. The largest absolute Gasteiger partial charge is 0.479 e. The van der Waals surface area contributed by atoms with Crippen molar-refractivity contribution >= 4 is 5.97 Å². The van der Waals surface area contributed by atoms with Crippen LogP contribution < -0.4 is 0 Å². The fourth-order valence-corrected chi connectivity index (χ4v) is 1.69. The van der Waals surface area contributed by atoms with Crippen LogP contribution in [-0.2, 0) is 19.0 Å². The lowest BCUT2D eigenvalue weighted by atomic mass is 10.0. The molecule has 2 aliphatic rings. The minimum atomic E-state index is -0.899. The second-order valence-corrected chi connectivity index (χ2v) is 3.27. The Morgan fingerprint density at radius 1 is 1.31 bits per heavy atom. The van der Waals surface area contributed by atoms with Crippen LogP contribution in [0.1, 0.15) is 12.8 Å². The molecule has 13 heavy (non-hydrogen) atoms. The van der Waals surface area contributed by atoms with Gasteiger partial charge in [0, 0.05) is 0 Å². The van der Waals surface area contributed by atoms with E-state index in [0.29, 0.717) is 19.8 Å². The van der Waals surface area contributed by atoms with Crippen molar-refractivity contribution in [2.24, 2.45) is 0 Å². The second kappa shape index (κ2) is 3.61. The molecule has 2 aliphatic heterocycles. The molecule has 2 rings (SSSR count). The molecule has 0 aliphatic carbocycles. The van der Waals surface area contributed by atoms with Crippen LogP contribution in [0.15, 0.2) is 0 Å². The molecular weight excluding hydrogens is 176 g/mol. The summed E-state index contributed by atoms with van der Waals surface area (Å²) in [5, 5.41) is 8.72. The topological polar surface area (TPSA) is 65.0 Å². The third kappa shape index (κ3) is 1.82. The van der Waals surface area contributed by atoms with Crippen LogP contribution in [0.25, 0.3) is 0 Å². The Morgan fingerprint density at radius 2 is 2.15 bits per heavy atom. The van der Waals surface area contributed by atoms with Crippen molar-refractivity contribution in [3.05, 3.63) is 0 Å². The average Bonchev–Trinajstić information content (AvgIpc) is 2.17. The highest BCUT2D eigenvalue weighted by molar-refractivity contribution is 5.72. The summed E-state index contributed by atoms with van der Waals surface area (Å²) >= 11 is 0. The zero-order valence-electron chi connectivity index (χ0n) is 7.14.